The molecule has 0 spiro atoms. The molecule has 2 aromatic rings. The molecule has 0 radical (unpaired) electrons. The van der Waals surface area contributed by atoms with E-state index in [1.165, 1.54) is 5.56 Å². The monoisotopic (exact) mass is 333 g/mol. The van der Waals surface area contributed by atoms with Crippen LogP contribution >= 0.6 is 23.2 Å². The lowest BCUT2D eigenvalue weighted by atomic mass is 9.89. The lowest BCUT2D eigenvalue weighted by Gasteiger charge is -2.32. The Morgan fingerprint density at radius 3 is 2.09 bits per heavy atom. The third kappa shape index (κ3) is 3.13. The minimum absolute atomic E-state index is 0.0675. The van der Waals surface area contributed by atoms with E-state index in [4.69, 9.17) is 23.2 Å². The zero-order valence-electron chi connectivity index (χ0n) is 12.1. The van der Waals surface area contributed by atoms with Gasteiger partial charge < -0.3 is 4.90 Å². The summed E-state index contributed by atoms with van der Waals surface area (Å²) in [5.74, 6) is 0.453. The third-order valence-electron chi connectivity index (χ3n) is 4.23. The van der Waals surface area contributed by atoms with Crippen molar-refractivity contribution in [3.05, 3.63) is 69.7 Å². The van der Waals surface area contributed by atoms with E-state index < -0.39 is 0 Å². The highest BCUT2D eigenvalue weighted by molar-refractivity contribution is 6.39. The Morgan fingerprint density at radius 2 is 1.50 bits per heavy atom. The molecule has 1 heterocycles. The number of benzene rings is 2. The first-order valence-corrected chi connectivity index (χ1v) is 8.20. The molecule has 3 rings (SSSR count). The van der Waals surface area contributed by atoms with Gasteiger partial charge in [-0.15, -0.1) is 0 Å². The Kier molecular flexibility index (Phi) is 4.70. The normalized spacial score (nSPS) is 15.8. The number of piperidine rings is 1. The second-order valence-corrected chi connectivity index (χ2v) is 6.39. The molecular formula is C18H17Cl2NO. The van der Waals surface area contributed by atoms with Crippen molar-refractivity contribution in [1.29, 1.82) is 0 Å². The van der Waals surface area contributed by atoms with Crippen LogP contribution in [0.3, 0.4) is 0 Å². The second kappa shape index (κ2) is 6.72. The van der Waals surface area contributed by atoms with Crippen molar-refractivity contribution in [3.63, 3.8) is 0 Å². The number of rotatable bonds is 2. The highest BCUT2D eigenvalue weighted by Gasteiger charge is 2.26. The van der Waals surface area contributed by atoms with Crippen LogP contribution in [-0.4, -0.2) is 23.9 Å². The smallest absolute Gasteiger partial charge is 0.256 e. The summed E-state index contributed by atoms with van der Waals surface area (Å²) in [6.07, 6.45) is 1.94. The number of halogens is 2. The van der Waals surface area contributed by atoms with Crippen molar-refractivity contribution in [2.75, 3.05) is 13.1 Å². The molecule has 2 nitrogen and oxygen atoms in total. The Morgan fingerprint density at radius 1 is 0.909 bits per heavy atom. The van der Waals surface area contributed by atoms with Gasteiger partial charge in [-0.2, -0.15) is 0 Å². The molecule has 1 amide bonds. The van der Waals surface area contributed by atoms with Gasteiger partial charge in [0.25, 0.3) is 5.91 Å². The van der Waals surface area contributed by atoms with Crippen molar-refractivity contribution >= 4 is 29.1 Å². The number of likely N-dealkylation sites (tertiary alicyclic amines) is 1. The fraction of sp³-hybridized carbons (Fsp3) is 0.278. The Labute approximate surface area is 140 Å². The van der Waals surface area contributed by atoms with Crippen LogP contribution in [0.1, 0.15) is 34.7 Å². The minimum Gasteiger partial charge on any atom is -0.339 e. The first-order valence-electron chi connectivity index (χ1n) is 7.45. The summed E-state index contributed by atoms with van der Waals surface area (Å²) >= 11 is 12.3. The summed E-state index contributed by atoms with van der Waals surface area (Å²) in [6.45, 7) is 1.47. The van der Waals surface area contributed by atoms with Crippen LogP contribution in [0.15, 0.2) is 48.5 Å². The van der Waals surface area contributed by atoms with Gasteiger partial charge in [0.1, 0.15) is 0 Å². The average Bonchev–Trinajstić information content (AvgIpc) is 2.55. The van der Waals surface area contributed by atoms with Crippen molar-refractivity contribution < 1.29 is 4.79 Å². The summed E-state index contributed by atoms with van der Waals surface area (Å²) in [7, 11) is 0. The van der Waals surface area contributed by atoms with Gasteiger partial charge in [0.2, 0.25) is 0 Å². The molecule has 0 unspecified atom stereocenters. The highest BCUT2D eigenvalue weighted by Crippen LogP contribution is 2.31. The van der Waals surface area contributed by atoms with E-state index in [1.54, 1.807) is 18.2 Å². The Balaban J connectivity index is 1.70. The Hall–Kier alpha value is -1.51. The van der Waals surface area contributed by atoms with E-state index in [1.807, 2.05) is 11.0 Å². The summed E-state index contributed by atoms with van der Waals surface area (Å²) in [4.78, 5) is 14.5. The van der Waals surface area contributed by atoms with Gasteiger partial charge >= 0.3 is 0 Å². The number of nitrogens with zero attached hydrogens (tertiary/aromatic N) is 1. The summed E-state index contributed by atoms with van der Waals surface area (Å²) in [5, 5.41) is 0.838. The maximum absolute atomic E-state index is 12.6. The predicted molar refractivity (Wildman–Crippen MR) is 90.8 cm³/mol. The number of amides is 1. The molecule has 1 fully saturated rings. The van der Waals surface area contributed by atoms with E-state index in [-0.39, 0.29) is 5.91 Å². The van der Waals surface area contributed by atoms with Crippen LogP contribution in [0.25, 0.3) is 0 Å². The van der Waals surface area contributed by atoms with Crippen LogP contribution < -0.4 is 0 Å². The van der Waals surface area contributed by atoms with Gasteiger partial charge in [-0.05, 0) is 36.5 Å². The lowest BCUT2D eigenvalue weighted by molar-refractivity contribution is 0.0713. The molecule has 0 N–H and O–H groups in total. The van der Waals surface area contributed by atoms with Gasteiger partial charge in [0.05, 0.1) is 15.6 Å². The molecule has 4 heteroatoms. The molecule has 22 heavy (non-hydrogen) atoms. The number of hydrogen-bond acceptors (Lipinski definition) is 1. The van der Waals surface area contributed by atoms with Gasteiger partial charge in [0, 0.05) is 13.1 Å². The average molecular weight is 334 g/mol. The standard InChI is InChI=1S/C18H17Cl2NO/c19-15-7-4-8-16(20)17(15)18(22)21-11-9-14(10-12-21)13-5-2-1-3-6-13/h1-8,14H,9-12H2. The summed E-state index contributed by atoms with van der Waals surface area (Å²) in [6, 6.07) is 15.6. The fourth-order valence-corrected chi connectivity index (χ4v) is 3.56. The van der Waals surface area contributed by atoms with Crippen molar-refractivity contribution in [3.8, 4) is 0 Å². The van der Waals surface area contributed by atoms with Crippen LogP contribution in [0.4, 0.5) is 0 Å². The number of carbonyl (C=O) groups excluding carboxylic acids is 1. The van der Waals surface area contributed by atoms with Crippen LogP contribution in [-0.2, 0) is 0 Å². The highest BCUT2D eigenvalue weighted by atomic mass is 35.5. The zero-order chi connectivity index (χ0) is 15.5. The van der Waals surface area contributed by atoms with Crippen LogP contribution in [0.2, 0.25) is 10.0 Å². The molecule has 0 aromatic heterocycles. The quantitative estimate of drug-likeness (QED) is 0.756. The van der Waals surface area contributed by atoms with Gasteiger partial charge in [0.15, 0.2) is 0 Å². The minimum atomic E-state index is -0.0675. The van der Waals surface area contributed by atoms with Crippen molar-refractivity contribution in [1.82, 2.24) is 4.90 Å². The Bertz CT molecular complexity index is 644. The van der Waals surface area contributed by atoms with E-state index in [0.29, 0.717) is 21.5 Å². The third-order valence-corrected chi connectivity index (χ3v) is 4.86. The molecule has 1 aliphatic heterocycles. The molecule has 2 aromatic carbocycles. The van der Waals surface area contributed by atoms with Gasteiger partial charge in [-0.25, -0.2) is 0 Å². The SMILES string of the molecule is O=C(c1c(Cl)cccc1Cl)N1CCC(c2ccccc2)CC1. The number of carbonyl (C=O) groups is 1. The van der Waals surface area contributed by atoms with Crippen molar-refractivity contribution in [2.24, 2.45) is 0 Å². The van der Waals surface area contributed by atoms with Crippen LogP contribution in [0.5, 0.6) is 0 Å². The topological polar surface area (TPSA) is 20.3 Å². The molecule has 1 saturated heterocycles. The maximum Gasteiger partial charge on any atom is 0.256 e. The maximum atomic E-state index is 12.6. The zero-order valence-corrected chi connectivity index (χ0v) is 13.6. The number of hydrogen-bond donors (Lipinski definition) is 0. The molecule has 114 valence electrons. The van der Waals surface area contributed by atoms with Gasteiger partial charge in [-0.1, -0.05) is 59.6 Å². The van der Waals surface area contributed by atoms with Gasteiger partial charge in [-0.3, -0.25) is 4.79 Å². The summed E-state index contributed by atoms with van der Waals surface area (Å²) in [5.41, 5.74) is 1.77. The largest absolute Gasteiger partial charge is 0.339 e. The van der Waals surface area contributed by atoms with E-state index in [2.05, 4.69) is 24.3 Å². The molecule has 0 bridgehead atoms. The fourth-order valence-electron chi connectivity index (χ4n) is 3.00. The first kappa shape index (κ1) is 15.4. The van der Waals surface area contributed by atoms with Crippen molar-refractivity contribution in [2.45, 2.75) is 18.8 Å². The molecule has 0 aliphatic carbocycles. The lowest BCUT2D eigenvalue weighted by Crippen LogP contribution is -2.38. The molecule has 0 saturated carbocycles. The molecule has 0 atom stereocenters. The molecule has 1 aliphatic rings. The van der Waals surface area contributed by atoms with E-state index in [0.717, 1.165) is 25.9 Å². The van der Waals surface area contributed by atoms with Crippen LogP contribution in [0, 0.1) is 0 Å². The van der Waals surface area contributed by atoms with E-state index >= 15 is 0 Å². The molecular weight excluding hydrogens is 317 g/mol. The first-order chi connectivity index (χ1) is 10.7. The van der Waals surface area contributed by atoms with E-state index in [9.17, 15) is 4.79 Å². The predicted octanol–water partition coefficient (Wildman–Crippen LogP) is 5.01. The second-order valence-electron chi connectivity index (χ2n) is 5.57. The summed E-state index contributed by atoms with van der Waals surface area (Å²) < 4.78 is 0.